The summed E-state index contributed by atoms with van der Waals surface area (Å²) < 4.78 is 276. The molecule has 0 saturated carbocycles. The van der Waals surface area contributed by atoms with E-state index in [2.05, 4.69) is 6.58 Å². The fraction of sp³-hybridized carbons (Fsp3) is 0.608. The second kappa shape index (κ2) is 27.6. The molecule has 0 saturated heterocycles. The molecule has 1 atom stereocenters. The zero-order chi connectivity index (χ0) is 55.8. The predicted octanol–water partition coefficient (Wildman–Crippen LogP) is 19.4. The van der Waals surface area contributed by atoms with Crippen LogP contribution in [0, 0.1) is 0 Å². The van der Waals surface area contributed by atoms with Crippen LogP contribution in [-0.4, -0.2) is 31.4 Å². The Hall–Kier alpha value is -4.44. The Balaban J connectivity index is 2.54. The summed E-state index contributed by atoms with van der Waals surface area (Å²) in [5.74, 6) is -4.64. The van der Waals surface area contributed by atoms with Gasteiger partial charge in [-0.05, 0) is 93.1 Å². The van der Waals surface area contributed by atoms with Gasteiger partial charge in [0, 0.05) is 0 Å². The lowest BCUT2D eigenvalue weighted by Crippen LogP contribution is -2.52. The highest BCUT2D eigenvalue weighted by Crippen LogP contribution is 2.49. The Morgan fingerprint density at radius 1 is 0.405 bits per heavy atom. The molecule has 0 aliphatic carbocycles. The van der Waals surface area contributed by atoms with E-state index in [0.717, 1.165) is 83.1 Å². The monoisotopic (exact) mass is 1090 g/mol. The van der Waals surface area contributed by atoms with E-state index < -0.39 is 119 Å². The number of benzene rings is 3. The fourth-order valence-corrected chi connectivity index (χ4v) is 8.80. The van der Waals surface area contributed by atoms with E-state index in [1.54, 1.807) is 0 Å². The first kappa shape index (κ1) is 63.9. The number of halogens is 18. The van der Waals surface area contributed by atoms with E-state index in [0.29, 0.717) is 38.5 Å². The van der Waals surface area contributed by atoms with Gasteiger partial charge in [-0.3, -0.25) is 0 Å². The first-order valence-corrected chi connectivity index (χ1v) is 24.7. The second-order valence-corrected chi connectivity index (χ2v) is 18.4. The Morgan fingerprint density at radius 2 is 0.703 bits per heavy atom. The molecular weight excluding hydrogens is 1030 g/mol. The Labute approximate surface area is 420 Å². The largest absolute Gasteiger partial charge is 0.864 e. The molecular formula is C51H63BF18NO3+. The van der Waals surface area contributed by atoms with E-state index in [9.17, 15) is 65.9 Å². The third-order valence-corrected chi connectivity index (χ3v) is 12.6. The van der Waals surface area contributed by atoms with Crippen molar-refractivity contribution in [2.45, 2.75) is 179 Å². The van der Waals surface area contributed by atoms with Crippen LogP contribution in [0.5, 0.6) is 17.2 Å². The van der Waals surface area contributed by atoms with Crippen molar-refractivity contribution in [3.8, 4) is 17.2 Å². The van der Waals surface area contributed by atoms with Crippen LogP contribution < -0.4 is 14.0 Å². The normalized spacial score (nSPS) is 13.5. The summed E-state index contributed by atoms with van der Waals surface area (Å²) in [5.41, 5.74) is -13.5. The van der Waals surface area contributed by atoms with Crippen molar-refractivity contribution in [2.24, 2.45) is 0 Å². The van der Waals surface area contributed by atoms with Crippen LogP contribution in [0.2, 0.25) is 0 Å². The predicted molar refractivity (Wildman–Crippen MR) is 245 cm³/mol. The maximum atomic E-state index is 15.7. The zero-order valence-corrected chi connectivity index (χ0v) is 41.4. The van der Waals surface area contributed by atoms with E-state index in [4.69, 9.17) is 14.0 Å². The van der Waals surface area contributed by atoms with Crippen molar-refractivity contribution in [3.05, 3.63) is 100 Å². The molecule has 0 amide bonds. The number of alkyl halides is 18. The molecule has 0 N–H and O–H groups in total. The molecule has 0 bridgehead atoms. The zero-order valence-electron chi connectivity index (χ0n) is 41.4. The third-order valence-electron chi connectivity index (χ3n) is 12.6. The molecule has 3 aromatic rings. The minimum Gasteiger partial charge on any atom is -0.490 e. The molecule has 0 aromatic heterocycles. The van der Waals surface area contributed by atoms with Gasteiger partial charge in [0.2, 0.25) is 0 Å². The van der Waals surface area contributed by atoms with Gasteiger partial charge in [0.15, 0.2) is 0 Å². The number of unbranched alkanes of at least 4 members (excludes halogenated alkanes) is 15. The van der Waals surface area contributed by atoms with E-state index in [1.807, 2.05) is 20.8 Å². The van der Waals surface area contributed by atoms with Gasteiger partial charge < -0.3 is 18.4 Å². The van der Waals surface area contributed by atoms with E-state index >= 15 is 13.2 Å². The van der Waals surface area contributed by atoms with Crippen molar-refractivity contribution in [1.29, 1.82) is 0 Å². The highest BCUT2D eigenvalue weighted by Gasteiger charge is 2.49. The molecule has 0 aliphatic rings. The first-order valence-electron chi connectivity index (χ1n) is 24.7. The second-order valence-electron chi connectivity index (χ2n) is 18.4. The van der Waals surface area contributed by atoms with Crippen LogP contribution >= 0.6 is 0 Å². The molecule has 0 aliphatic heterocycles. The molecule has 0 radical (unpaired) electrons. The molecule has 0 heterocycles. The summed E-state index contributed by atoms with van der Waals surface area (Å²) in [6.07, 6.45) is -19.9. The third kappa shape index (κ3) is 19.9. The minimum atomic E-state index is -5.70. The summed E-state index contributed by atoms with van der Waals surface area (Å²) in [7, 11) is -3.31. The molecule has 4 nitrogen and oxygen atoms in total. The average molecular weight is 1090 g/mol. The Bertz CT molecular complexity index is 2000. The van der Waals surface area contributed by atoms with Gasteiger partial charge >= 0.3 is 44.4 Å². The van der Waals surface area contributed by atoms with E-state index in [-0.39, 0.29) is 60.5 Å². The van der Waals surface area contributed by atoms with Crippen molar-refractivity contribution < 1.29 is 97.5 Å². The quantitative estimate of drug-likeness (QED) is 0.0219. The van der Waals surface area contributed by atoms with Gasteiger partial charge in [0.05, 0.1) is 58.6 Å². The van der Waals surface area contributed by atoms with Crippen LogP contribution in [-0.2, 0) is 37.1 Å². The van der Waals surface area contributed by atoms with Crippen LogP contribution in [0.15, 0.2) is 61.2 Å². The maximum Gasteiger partial charge on any atom is 0.864 e. The van der Waals surface area contributed by atoms with Crippen molar-refractivity contribution in [1.82, 2.24) is 0 Å². The Kier molecular flexibility index (Phi) is 23.8. The Morgan fingerprint density at radius 3 is 0.986 bits per heavy atom. The molecule has 418 valence electrons. The van der Waals surface area contributed by atoms with Crippen LogP contribution in [0.4, 0.5) is 79.0 Å². The summed E-state index contributed by atoms with van der Waals surface area (Å²) in [6.45, 7) is 10.2. The molecule has 1 unspecified atom stereocenters. The lowest BCUT2D eigenvalue weighted by Gasteiger charge is -2.46. The first-order chi connectivity index (χ1) is 34.3. The molecule has 0 spiro atoms. The molecule has 3 rings (SSSR count). The van der Waals surface area contributed by atoms with Crippen molar-refractivity contribution >= 4 is 7.32 Å². The van der Waals surface area contributed by atoms with Crippen molar-refractivity contribution in [2.75, 3.05) is 19.6 Å². The number of hydrogen-bond acceptors (Lipinski definition) is 3. The number of nitrogens with zero attached hydrogens (tertiary/aromatic N) is 1. The fourth-order valence-electron chi connectivity index (χ4n) is 8.80. The van der Waals surface area contributed by atoms with Gasteiger partial charge in [-0.1, -0.05) is 104 Å². The maximum absolute atomic E-state index is 15.7. The topological polar surface area (TPSA) is 27.7 Å². The summed E-state index contributed by atoms with van der Waals surface area (Å²) in [6, 6.07) is -3.21. The lowest BCUT2D eigenvalue weighted by atomic mass is 9.91. The summed E-state index contributed by atoms with van der Waals surface area (Å²) >= 11 is 0. The minimum absolute atomic E-state index is 0.0102. The lowest BCUT2D eigenvalue weighted by molar-refractivity contribution is -0.951. The van der Waals surface area contributed by atoms with Gasteiger partial charge in [-0.25, -0.2) is 0 Å². The summed E-state index contributed by atoms with van der Waals surface area (Å²) in [5, 5.41) is 0. The van der Waals surface area contributed by atoms with Crippen LogP contribution in [0.3, 0.4) is 0 Å². The number of quaternary nitrogens is 1. The molecule has 23 heteroatoms. The van der Waals surface area contributed by atoms with Crippen LogP contribution in [0.25, 0.3) is 0 Å². The summed E-state index contributed by atoms with van der Waals surface area (Å²) in [4.78, 5) is 0. The van der Waals surface area contributed by atoms with Gasteiger partial charge in [0.25, 0.3) is 0 Å². The smallest absolute Gasteiger partial charge is 0.490 e. The molecule has 3 aromatic carbocycles. The number of rotatable bonds is 30. The van der Waals surface area contributed by atoms with Gasteiger partial charge in [0.1, 0.15) is 23.3 Å². The molecule has 0 fully saturated rings. The standard InChI is InChI=1S/C51H63BF18NO3/c1-5-9-12-15-18-21-24-71(25-22-19-16-13-10-6-2,26-23-20-17-14-11-7-3)43(8-4)45-42(51(68,69)70)33-39(50(65,66)67)34-44(45)74-52(72-40-29-35(46(53,54)55)27-36(30-40)47(56,57)58)73-41-31-37(48(59,60)61)28-38(32-41)49(62,63)64/h8,27-34,43H,4-7,9-26H2,1-3H3/q+1. The van der Waals surface area contributed by atoms with Crippen molar-refractivity contribution in [3.63, 3.8) is 0 Å². The van der Waals surface area contributed by atoms with Gasteiger partial charge in [-0.15, -0.1) is 0 Å². The van der Waals surface area contributed by atoms with Gasteiger partial charge in [-0.2, -0.15) is 79.0 Å². The highest BCUT2D eigenvalue weighted by molar-refractivity contribution is 6.39. The molecule has 74 heavy (non-hydrogen) atoms. The number of hydrogen-bond donors (Lipinski definition) is 0. The van der Waals surface area contributed by atoms with E-state index in [1.165, 1.54) is 0 Å². The SMILES string of the molecule is C=CC(c1c(OB(Oc2cc(C(F)(F)F)cc(C(F)(F)F)c2)Oc2cc(C(F)(F)F)cc(C(F)(F)F)c2)cc(C(F)(F)F)cc1C(F)(F)F)[N+](CCCCCCCC)(CCCCCCCC)CCCCCCCC. The average Bonchev–Trinajstić information content (AvgIpc) is 3.28. The highest BCUT2D eigenvalue weighted by atomic mass is 19.4. The van der Waals surface area contributed by atoms with Crippen LogP contribution in [0.1, 0.15) is 181 Å².